The van der Waals surface area contributed by atoms with E-state index in [0.717, 1.165) is 21.9 Å². The van der Waals surface area contributed by atoms with Gasteiger partial charge in [0, 0.05) is 33.3 Å². The molecule has 0 atom stereocenters. The zero-order valence-electron chi connectivity index (χ0n) is 21.1. The molecule has 1 aromatic heterocycles. The average molecular weight is 495 g/mol. The van der Waals surface area contributed by atoms with Gasteiger partial charge in [-0.25, -0.2) is 0 Å². The quantitative estimate of drug-likeness (QED) is 0.214. The van der Waals surface area contributed by atoms with Crippen LogP contribution in [0.25, 0.3) is 55.3 Å². The van der Waals surface area contributed by atoms with Crippen molar-refractivity contribution in [2.45, 2.75) is 0 Å². The summed E-state index contributed by atoms with van der Waals surface area (Å²) in [5, 5.41) is 2.31. The molecule has 180 valence electrons. The van der Waals surface area contributed by atoms with Crippen molar-refractivity contribution in [3.63, 3.8) is 0 Å². The molecule has 0 unspecified atom stereocenters. The maximum absolute atomic E-state index is 6.17. The standard InChI is InChI=1S/C36H22BNO/c1-5-16-31-25(10-1)26-11-2-6-17-32(26)38-33-18-7-3-12-27(33)29-15-9-14-24(36(29)37(31)38)23-20-21-35-30(22-23)28-13-4-8-19-34(28)39-35/h1-22H. The predicted octanol–water partition coefficient (Wildman–Crippen LogP) is 8.16. The SMILES string of the molecule is c1ccc2c(c1)B1c3c(-c4ccc5oc6ccccc6c5c4)cccc3-c3ccccc3N1c1ccccc1-2. The van der Waals surface area contributed by atoms with E-state index in [9.17, 15) is 0 Å². The Kier molecular flexibility index (Phi) is 4.17. The Balaban J connectivity index is 1.38. The van der Waals surface area contributed by atoms with E-state index < -0.39 is 0 Å². The molecule has 39 heavy (non-hydrogen) atoms. The summed E-state index contributed by atoms with van der Waals surface area (Å²) in [6, 6.07) is 48.4. The second kappa shape index (κ2) is 7.75. The van der Waals surface area contributed by atoms with Crippen molar-refractivity contribution in [3.8, 4) is 33.4 Å². The van der Waals surface area contributed by atoms with Crippen LogP contribution in [0.5, 0.6) is 0 Å². The van der Waals surface area contributed by atoms with E-state index in [-0.39, 0.29) is 6.85 Å². The van der Waals surface area contributed by atoms with E-state index in [1.54, 1.807) is 0 Å². The van der Waals surface area contributed by atoms with Crippen molar-refractivity contribution in [2.75, 3.05) is 4.81 Å². The zero-order chi connectivity index (χ0) is 25.5. The average Bonchev–Trinajstić information content (AvgIpc) is 3.38. The second-order valence-corrected chi connectivity index (χ2v) is 10.5. The number of para-hydroxylation sites is 3. The Morgan fingerprint density at radius 1 is 0.462 bits per heavy atom. The molecule has 2 aliphatic rings. The van der Waals surface area contributed by atoms with Crippen LogP contribution in [-0.4, -0.2) is 6.85 Å². The number of nitrogens with zero attached hydrogens (tertiary/aromatic N) is 1. The molecule has 0 aliphatic carbocycles. The molecule has 6 aromatic carbocycles. The van der Waals surface area contributed by atoms with Gasteiger partial charge in [-0.2, -0.15) is 0 Å². The van der Waals surface area contributed by atoms with Gasteiger partial charge < -0.3 is 9.23 Å². The molecule has 3 heteroatoms. The maximum Gasteiger partial charge on any atom is 0.330 e. The second-order valence-electron chi connectivity index (χ2n) is 10.5. The predicted molar refractivity (Wildman–Crippen MR) is 164 cm³/mol. The molecule has 0 bridgehead atoms. The molecule has 9 rings (SSSR count). The highest BCUT2D eigenvalue weighted by atomic mass is 16.3. The molecule has 3 heterocycles. The number of fused-ring (bicyclic) bond motifs is 14. The number of furan rings is 1. The lowest BCUT2D eigenvalue weighted by Crippen LogP contribution is -2.60. The Morgan fingerprint density at radius 2 is 1.08 bits per heavy atom. The molecule has 0 N–H and O–H groups in total. The molecular formula is C36H22BNO. The first-order chi connectivity index (χ1) is 19.4. The van der Waals surface area contributed by atoms with Crippen LogP contribution >= 0.6 is 0 Å². The van der Waals surface area contributed by atoms with Crippen LogP contribution in [-0.2, 0) is 0 Å². The van der Waals surface area contributed by atoms with Crippen LogP contribution in [0.3, 0.4) is 0 Å². The molecule has 0 amide bonds. The van der Waals surface area contributed by atoms with E-state index in [4.69, 9.17) is 4.42 Å². The third-order valence-corrected chi connectivity index (χ3v) is 8.49. The van der Waals surface area contributed by atoms with Gasteiger partial charge in [0.15, 0.2) is 0 Å². The summed E-state index contributed by atoms with van der Waals surface area (Å²) in [5.41, 5.74) is 14.7. The summed E-state index contributed by atoms with van der Waals surface area (Å²) in [6.45, 7) is 0.0639. The molecule has 0 saturated heterocycles. The highest BCUT2D eigenvalue weighted by Crippen LogP contribution is 2.46. The van der Waals surface area contributed by atoms with Crippen molar-refractivity contribution in [3.05, 3.63) is 133 Å². The highest BCUT2D eigenvalue weighted by Gasteiger charge is 2.43. The largest absolute Gasteiger partial charge is 0.456 e. The van der Waals surface area contributed by atoms with Crippen molar-refractivity contribution in [1.82, 2.24) is 0 Å². The Hall–Kier alpha value is -5.02. The van der Waals surface area contributed by atoms with Gasteiger partial charge in [0.05, 0.1) is 0 Å². The molecule has 7 aromatic rings. The minimum atomic E-state index is 0.0639. The van der Waals surface area contributed by atoms with Gasteiger partial charge in [0.2, 0.25) is 0 Å². The van der Waals surface area contributed by atoms with Gasteiger partial charge in [0.1, 0.15) is 11.2 Å². The number of hydrogen-bond acceptors (Lipinski definition) is 2. The molecule has 0 saturated carbocycles. The lowest BCUT2D eigenvalue weighted by Gasteiger charge is -2.44. The summed E-state index contributed by atoms with van der Waals surface area (Å²) in [5.74, 6) is 0. The normalized spacial score (nSPS) is 13.0. The van der Waals surface area contributed by atoms with Crippen LogP contribution < -0.4 is 15.7 Å². The van der Waals surface area contributed by atoms with Crippen LogP contribution in [0, 0.1) is 0 Å². The fourth-order valence-corrected chi connectivity index (χ4v) is 6.88. The van der Waals surface area contributed by atoms with Gasteiger partial charge in [-0.1, -0.05) is 103 Å². The minimum Gasteiger partial charge on any atom is -0.456 e. The summed E-state index contributed by atoms with van der Waals surface area (Å²) in [4.78, 5) is 2.56. The molecular weight excluding hydrogens is 473 g/mol. The topological polar surface area (TPSA) is 16.4 Å². The first-order valence-corrected chi connectivity index (χ1v) is 13.5. The zero-order valence-corrected chi connectivity index (χ0v) is 21.1. The summed E-state index contributed by atoms with van der Waals surface area (Å²) < 4.78 is 6.17. The van der Waals surface area contributed by atoms with Gasteiger partial charge in [-0.3, -0.25) is 0 Å². The number of rotatable bonds is 1. The molecule has 2 nitrogen and oxygen atoms in total. The van der Waals surface area contributed by atoms with E-state index in [2.05, 4.69) is 126 Å². The number of benzene rings is 6. The van der Waals surface area contributed by atoms with E-state index in [1.807, 2.05) is 12.1 Å². The smallest absolute Gasteiger partial charge is 0.330 e. The molecule has 2 aliphatic heterocycles. The van der Waals surface area contributed by atoms with Gasteiger partial charge in [-0.05, 0) is 63.5 Å². The van der Waals surface area contributed by atoms with Crippen molar-refractivity contribution in [2.24, 2.45) is 0 Å². The first-order valence-electron chi connectivity index (χ1n) is 13.5. The third kappa shape index (κ3) is 2.82. The Labute approximate surface area is 226 Å². The highest BCUT2D eigenvalue weighted by molar-refractivity contribution is 6.93. The van der Waals surface area contributed by atoms with E-state index in [0.29, 0.717) is 0 Å². The maximum atomic E-state index is 6.17. The van der Waals surface area contributed by atoms with Gasteiger partial charge in [0.25, 0.3) is 0 Å². The summed E-state index contributed by atoms with van der Waals surface area (Å²) >= 11 is 0. The lowest BCUT2D eigenvalue weighted by atomic mass is 9.42. The van der Waals surface area contributed by atoms with Crippen molar-refractivity contribution >= 4 is 51.1 Å². The van der Waals surface area contributed by atoms with Crippen molar-refractivity contribution in [1.29, 1.82) is 0 Å². The van der Waals surface area contributed by atoms with Crippen LogP contribution in [0.4, 0.5) is 11.4 Å². The van der Waals surface area contributed by atoms with Crippen LogP contribution in [0.1, 0.15) is 0 Å². The van der Waals surface area contributed by atoms with Crippen molar-refractivity contribution < 1.29 is 4.42 Å². The monoisotopic (exact) mass is 495 g/mol. The summed E-state index contributed by atoms with van der Waals surface area (Å²) in [6.07, 6.45) is 0. The lowest BCUT2D eigenvalue weighted by molar-refractivity contribution is 0.669. The fraction of sp³-hybridized carbons (Fsp3) is 0. The number of hydrogen-bond donors (Lipinski definition) is 0. The van der Waals surface area contributed by atoms with Crippen LogP contribution in [0.2, 0.25) is 0 Å². The third-order valence-electron chi connectivity index (χ3n) is 8.49. The fourth-order valence-electron chi connectivity index (χ4n) is 6.88. The van der Waals surface area contributed by atoms with Gasteiger partial charge in [-0.15, -0.1) is 0 Å². The summed E-state index contributed by atoms with van der Waals surface area (Å²) in [7, 11) is 0. The Bertz CT molecular complexity index is 2110. The Morgan fingerprint density at radius 3 is 1.92 bits per heavy atom. The first kappa shape index (κ1) is 21.0. The molecule has 0 fully saturated rings. The molecule has 0 spiro atoms. The minimum absolute atomic E-state index is 0.0639. The molecule has 0 radical (unpaired) electrons. The van der Waals surface area contributed by atoms with E-state index in [1.165, 1.54) is 55.7 Å². The van der Waals surface area contributed by atoms with E-state index >= 15 is 0 Å². The number of anilines is 2. The van der Waals surface area contributed by atoms with Crippen LogP contribution in [0.15, 0.2) is 138 Å². The van der Waals surface area contributed by atoms with Gasteiger partial charge >= 0.3 is 6.85 Å².